The van der Waals surface area contributed by atoms with Gasteiger partial charge in [-0.05, 0) is 33.8 Å². The number of carbonyl (C=O) groups excluding carboxylic acids is 3. The maximum atomic E-state index is 13.7. The number of rotatable bonds is 0. The number of ether oxygens (including phenoxy) is 4. The highest BCUT2D eigenvalue weighted by Crippen LogP contribution is 2.53. The summed E-state index contributed by atoms with van der Waals surface area (Å²) in [6.07, 6.45) is 4.34. The second kappa shape index (κ2) is 13.2. The van der Waals surface area contributed by atoms with Crippen molar-refractivity contribution in [1.82, 2.24) is 5.32 Å². The van der Waals surface area contributed by atoms with Crippen LogP contribution in [0.1, 0.15) is 93.3 Å². The first kappa shape index (κ1) is 36.6. The Balaban J connectivity index is 1.60. The molecule has 12 heteroatoms. The van der Waals surface area contributed by atoms with Gasteiger partial charge in [0.2, 0.25) is 11.6 Å². The van der Waals surface area contributed by atoms with E-state index in [4.69, 9.17) is 18.9 Å². The molecule has 5 aliphatic rings. The molecule has 6 rings (SSSR count). The number of amides is 1. The summed E-state index contributed by atoms with van der Waals surface area (Å²) in [6, 6.07) is 0. The molecule has 266 valence electrons. The zero-order valence-corrected chi connectivity index (χ0v) is 29.3. The van der Waals surface area contributed by atoms with E-state index in [0.717, 1.165) is 6.08 Å². The van der Waals surface area contributed by atoms with E-state index in [1.807, 2.05) is 40.7 Å². The molecule has 1 aromatic carbocycles. The summed E-state index contributed by atoms with van der Waals surface area (Å²) in [5.41, 5.74) is -0.728. The van der Waals surface area contributed by atoms with Crippen LogP contribution in [-0.2, 0) is 19.0 Å². The Hall–Kier alpha value is -3.65. The minimum Gasteiger partial charge on any atom is -0.507 e. The zero-order valence-electron chi connectivity index (χ0n) is 29.3. The first-order valence-corrected chi connectivity index (χ1v) is 16.6. The molecule has 0 aromatic heterocycles. The van der Waals surface area contributed by atoms with Gasteiger partial charge < -0.3 is 44.7 Å². The molecule has 0 radical (unpaired) electrons. The third-order valence-electron chi connectivity index (χ3n) is 9.96. The molecule has 12 nitrogen and oxygen atoms in total. The van der Waals surface area contributed by atoms with Crippen molar-refractivity contribution in [3.63, 3.8) is 0 Å². The Bertz CT molecular complexity index is 1670. The zero-order chi connectivity index (χ0) is 36.3. The first-order chi connectivity index (χ1) is 22.8. The molecule has 10 atom stereocenters. The number of benzene rings is 1. The highest BCUT2D eigenvalue weighted by atomic mass is 16.7. The van der Waals surface area contributed by atoms with E-state index in [1.165, 1.54) is 19.9 Å². The number of carbonyl (C=O) groups is 3. The number of phenols is 1. The SMILES string of the molecule is C/C1=C/C=C/C(C)C2OC(C)(C)OC(C(C)C(O)C(C)/C=C/C(O)O[C@@H]3c4c(c(C)c(O)c5c4C(=O)C=C(NC1=O)C5=O)O[C@]3(C)O)C2C. The summed E-state index contributed by atoms with van der Waals surface area (Å²) >= 11 is 0. The van der Waals surface area contributed by atoms with Crippen LogP contribution in [0.15, 0.2) is 47.7 Å². The second-order valence-electron chi connectivity index (χ2n) is 14.3. The number of ketones is 2. The minimum atomic E-state index is -2.12. The smallest absolute Gasteiger partial charge is 0.251 e. The fourth-order valence-corrected chi connectivity index (χ4v) is 7.22. The van der Waals surface area contributed by atoms with Crippen LogP contribution in [0.25, 0.3) is 0 Å². The van der Waals surface area contributed by atoms with Crippen molar-refractivity contribution in [2.45, 2.75) is 105 Å². The average Bonchev–Trinajstić information content (AvgIpc) is 3.29. The van der Waals surface area contributed by atoms with Crippen LogP contribution >= 0.6 is 0 Å². The molecule has 0 spiro atoms. The minimum absolute atomic E-state index is 0.0269. The Morgan fingerprint density at radius 3 is 2.18 bits per heavy atom. The van der Waals surface area contributed by atoms with Gasteiger partial charge in [0.05, 0.1) is 29.6 Å². The molecule has 1 aliphatic carbocycles. The fourth-order valence-electron chi connectivity index (χ4n) is 7.22. The third-order valence-corrected chi connectivity index (χ3v) is 9.96. The summed E-state index contributed by atoms with van der Waals surface area (Å²) in [5.74, 6) is -7.01. The number of Topliss-reactive ketones (excluding diaryl/α,β-unsaturated/α-hetero) is 1. The summed E-state index contributed by atoms with van der Waals surface area (Å²) in [7, 11) is 0. The van der Waals surface area contributed by atoms with Crippen LogP contribution in [0.4, 0.5) is 0 Å². The quantitative estimate of drug-likeness (QED) is 0.249. The fraction of sp³-hybridized carbons (Fsp3) is 0.541. The van der Waals surface area contributed by atoms with Gasteiger partial charge in [-0.25, -0.2) is 0 Å². The number of allylic oxidation sites excluding steroid dienone is 4. The lowest BCUT2D eigenvalue weighted by Gasteiger charge is -2.49. The molecule has 8 unspecified atom stereocenters. The average molecular weight is 682 g/mol. The molecule has 0 saturated carbocycles. The van der Waals surface area contributed by atoms with E-state index in [2.05, 4.69) is 5.32 Å². The van der Waals surface area contributed by atoms with Crippen LogP contribution < -0.4 is 10.1 Å². The molecular formula is C37H47NO11. The van der Waals surface area contributed by atoms with Crippen molar-refractivity contribution in [3.8, 4) is 11.5 Å². The molecule has 1 fully saturated rings. The largest absolute Gasteiger partial charge is 0.507 e. The van der Waals surface area contributed by atoms with Gasteiger partial charge in [0.1, 0.15) is 11.5 Å². The Kier molecular flexibility index (Phi) is 9.89. The molecular weight excluding hydrogens is 634 g/mol. The lowest BCUT2D eigenvalue weighted by Crippen LogP contribution is -2.55. The molecule has 1 amide bonds. The summed E-state index contributed by atoms with van der Waals surface area (Å²) in [6.45, 7) is 15.6. The second-order valence-corrected chi connectivity index (χ2v) is 14.3. The monoisotopic (exact) mass is 681 g/mol. The van der Waals surface area contributed by atoms with Crippen molar-refractivity contribution in [3.05, 3.63) is 70.0 Å². The molecule has 1 aromatic rings. The molecule has 4 aliphatic heterocycles. The van der Waals surface area contributed by atoms with Crippen molar-refractivity contribution in [1.29, 1.82) is 0 Å². The number of aromatic hydroxyl groups is 1. The van der Waals surface area contributed by atoms with E-state index in [1.54, 1.807) is 32.1 Å². The molecule has 5 N–H and O–H groups in total. The maximum absolute atomic E-state index is 13.7. The number of fused-ring (bicyclic) bond motifs is 10. The van der Waals surface area contributed by atoms with Crippen LogP contribution in [0, 0.1) is 30.6 Å². The highest BCUT2D eigenvalue weighted by Gasteiger charge is 2.51. The van der Waals surface area contributed by atoms with Gasteiger partial charge in [0, 0.05) is 58.9 Å². The first-order valence-electron chi connectivity index (χ1n) is 16.6. The van der Waals surface area contributed by atoms with Gasteiger partial charge >= 0.3 is 0 Å². The Morgan fingerprint density at radius 2 is 1.51 bits per heavy atom. The Labute approximate surface area is 286 Å². The van der Waals surface area contributed by atoms with Gasteiger partial charge in [-0.2, -0.15) is 0 Å². The van der Waals surface area contributed by atoms with Crippen LogP contribution in [0.5, 0.6) is 11.5 Å². The van der Waals surface area contributed by atoms with Gasteiger partial charge in [-0.15, -0.1) is 0 Å². The van der Waals surface area contributed by atoms with E-state index in [9.17, 15) is 34.8 Å². The number of nitrogens with one attached hydrogen (secondary N) is 1. The van der Waals surface area contributed by atoms with Crippen LogP contribution in [-0.4, -0.2) is 74.1 Å². The lowest BCUT2D eigenvalue weighted by molar-refractivity contribution is -0.335. The summed E-state index contributed by atoms with van der Waals surface area (Å²) < 4.78 is 24.3. The number of phenolic OH excluding ortho intramolecular Hbond substituents is 1. The summed E-state index contributed by atoms with van der Waals surface area (Å²) in [5, 5.41) is 47.3. The topological polar surface area (TPSA) is 181 Å². The predicted molar refractivity (Wildman–Crippen MR) is 177 cm³/mol. The Morgan fingerprint density at radius 1 is 0.857 bits per heavy atom. The van der Waals surface area contributed by atoms with E-state index < -0.39 is 65.3 Å². The van der Waals surface area contributed by atoms with Crippen molar-refractivity contribution in [2.24, 2.45) is 23.7 Å². The molecule has 4 heterocycles. The van der Waals surface area contributed by atoms with Crippen LogP contribution in [0.3, 0.4) is 0 Å². The van der Waals surface area contributed by atoms with Gasteiger partial charge in [-0.3, -0.25) is 14.4 Å². The van der Waals surface area contributed by atoms with Gasteiger partial charge in [0.25, 0.3) is 5.91 Å². The highest BCUT2D eigenvalue weighted by molar-refractivity contribution is 6.27. The van der Waals surface area contributed by atoms with Gasteiger partial charge in [0.15, 0.2) is 24.0 Å². The number of hydrogen-bond donors (Lipinski definition) is 5. The molecule has 1 saturated heterocycles. The van der Waals surface area contributed by atoms with E-state index >= 15 is 0 Å². The van der Waals surface area contributed by atoms with Gasteiger partial charge in [-0.1, -0.05) is 52.0 Å². The predicted octanol–water partition coefficient (Wildman–Crippen LogP) is 4.05. The van der Waals surface area contributed by atoms with E-state index in [-0.39, 0.29) is 63.1 Å². The maximum Gasteiger partial charge on any atom is 0.251 e. The number of hydrogen-bond acceptors (Lipinski definition) is 11. The normalized spacial score (nSPS) is 38.9. The summed E-state index contributed by atoms with van der Waals surface area (Å²) in [4.78, 5) is 40.5. The molecule has 6 bridgehead atoms. The van der Waals surface area contributed by atoms with E-state index in [0.29, 0.717) is 0 Å². The number of aliphatic hydroxyl groups is 3. The molecule has 49 heavy (non-hydrogen) atoms. The van der Waals surface area contributed by atoms with Crippen molar-refractivity contribution in [2.75, 3.05) is 0 Å². The third kappa shape index (κ3) is 6.78. The van der Waals surface area contributed by atoms with Crippen molar-refractivity contribution >= 4 is 17.5 Å². The standard InChI is InChI=1S/C37H47NO11/c1-16-13-14-24(40)46-34-27-25-23(39)15-22(30(43)26(25)29(42)20(5)33(27)49-37(34,9)45)38-35(44)18(3)12-10-11-17(2)31-21(6)32(19(4)28(16)41)48-36(7,8)47-31/h10-17,19,21,24,28,31-32,34,40-42,45H,1-9H3,(H,38,44)/b11-10+,14-13+,18-12-/t16?,17?,19?,21?,24?,28?,31?,32?,34-,37+/m1/s1. The lowest BCUT2D eigenvalue weighted by atomic mass is 9.78. The number of aliphatic hydroxyl groups excluding tert-OH is 2. The van der Waals surface area contributed by atoms with Crippen molar-refractivity contribution < 1.29 is 53.8 Å². The van der Waals surface area contributed by atoms with Crippen LogP contribution in [0.2, 0.25) is 0 Å².